The summed E-state index contributed by atoms with van der Waals surface area (Å²) >= 11 is 0. The molecule has 0 fully saturated rings. The summed E-state index contributed by atoms with van der Waals surface area (Å²) < 4.78 is 33.2. The van der Waals surface area contributed by atoms with Gasteiger partial charge in [0, 0.05) is 25.9 Å². The molecule has 6 nitrogen and oxygen atoms in total. The highest BCUT2D eigenvalue weighted by Crippen LogP contribution is 2.18. The molecule has 2 aromatic heterocycles. The van der Waals surface area contributed by atoms with Crippen molar-refractivity contribution in [1.82, 2.24) is 9.55 Å². The highest BCUT2D eigenvalue weighted by Gasteiger charge is 2.16. The van der Waals surface area contributed by atoms with Crippen LogP contribution in [0.15, 0.2) is 41.3 Å². The topological polar surface area (TPSA) is 73.2 Å². The fourth-order valence-electron chi connectivity index (χ4n) is 2.68. The lowest BCUT2D eigenvalue weighted by molar-refractivity contribution is 0.102. The second-order valence-corrected chi connectivity index (χ2v) is 5.94. The van der Waals surface area contributed by atoms with Gasteiger partial charge in [0.05, 0.1) is 34.5 Å². The van der Waals surface area contributed by atoms with Crippen molar-refractivity contribution in [2.24, 2.45) is 0 Å². The van der Waals surface area contributed by atoms with Crippen molar-refractivity contribution in [2.45, 2.75) is 13.5 Å². The van der Waals surface area contributed by atoms with Gasteiger partial charge in [-0.25, -0.2) is 8.78 Å². The molecule has 140 valence electrons. The SMILES string of the molecule is COCCn1ccc2nc(C)c(C(=O)Nc3ccc(F)cc3F)cc2c1=O. The fourth-order valence-corrected chi connectivity index (χ4v) is 2.68. The Morgan fingerprint density at radius 3 is 2.74 bits per heavy atom. The van der Waals surface area contributed by atoms with E-state index in [4.69, 9.17) is 4.74 Å². The molecule has 3 aromatic rings. The largest absolute Gasteiger partial charge is 0.383 e. The van der Waals surface area contributed by atoms with Crippen molar-refractivity contribution in [1.29, 1.82) is 0 Å². The summed E-state index contributed by atoms with van der Waals surface area (Å²) in [6.45, 7) is 2.34. The van der Waals surface area contributed by atoms with E-state index >= 15 is 0 Å². The van der Waals surface area contributed by atoms with Crippen LogP contribution in [0.1, 0.15) is 16.1 Å². The summed E-state index contributed by atoms with van der Waals surface area (Å²) in [6.07, 6.45) is 1.61. The number of nitrogens with zero attached hydrogens (tertiary/aromatic N) is 2. The van der Waals surface area contributed by atoms with Crippen LogP contribution < -0.4 is 10.9 Å². The van der Waals surface area contributed by atoms with Crippen molar-refractivity contribution in [2.75, 3.05) is 19.0 Å². The molecule has 0 aliphatic heterocycles. The van der Waals surface area contributed by atoms with Gasteiger partial charge in [0.15, 0.2) is 0 Å². The minimum Gasteiger partial charge on any atom is -0.383 e. The Hall–Kier alpha value is -3.13. The minimum absolute atomic E-state index is 0.132. The van der Waals surface area contributed by atoms with Gasteiger partial charge in [-0.05, 0) is 31.2 Å². The van der Waals surface area contributed by atoms with Gasteiger partial charge in [0.25, 0.3) is 11.5 Å². The number of fused-ring (bicyclic) bond motifs is 1. The molecule has 0 saturated carbocycles. The number of nitrogens with one attached hydrogen (secondary N) is 1. The van der Waals surface area contributed by atoms with Crippen molar-refractivity contribution in [3.8, 4) is 0 Å². The first-order valence-corrected chi connectivity index (χ1v) is 8.17. The van der Waals surface area contributed by atoms with Gasteiger partial charge in [-0.2, -0.15) is 0 Å². The standard InChI is InChI=1S/C19H17F2N3O3/c1-11-13(18(25)23-17-4-3-12(20)9-15(17)21)10-14-16(22-11)5-6-24(19(14)26)7-8-27-2/h3-6,9-10H,7-8H2,1-2H3,(H,23,25). The molecule has 0 aliphatic carbocycles. The first-order valence-electron chi connectivity index (χ1n) is 8.17. The zero-order valence-electron chi connectivity index (χ0n) is 14.8. The van der Waals surface area contributed by atoms with E-state index in [-0.39, 0.29) is 22.2 Å². The van der Waals surface area contributed by atoms with Crippen LogP contribution in [0.25, 0.3) is 10.9 Å². The van der Waals surface area contributed by atoms with Crippen LogP contribution in [0.5, 0.6) is 0 Å². The maximum atomic E-state index is 13.8. The number of hydrogen-bond acceptors (Lipinski definition) is 4. The normalized spacial score (nSPS) is 11.0. The summed E-state index contributed by atoms with van der Waals surface area (Å²) in [6, 6.07) is 5.96. The number of anilines is 1. The lowest BCUT2D eigenvalue weighted by Crippen LogP contribution is -2.23. The summed E-state index contributed by atoms with van der Waals surface area (Å²) in [5.74, 6) is -2.28. The number of carbonyl (C=O) groups excluding carboxylic acids is 1. The predicted molar refractivity (Wildman–Crippen MR) is 96.9 cm³/mol. The Morgan fingerprint density at radius 1 is 1.26 bits per heavy atom. The van der Waals surface area contributed by atoms with Crippen molar-refractivity contribution < 1.29 is 18.3 Å². The second kappa shape index (κ2) is 7.63. The Morgan fingerprint density at radius 2 is 2.04 bits per heavy atom. The van der Waals surface area contributed by atoms with Crippen LogP contribution in [0.3, 0.4) is 0 Å². The van der Waals surface area contributed by atoms with Crippen molar-refractivity contribution >= 4 is 22.5 Å². The van der Waals surface area contributed by atoms with Gasteiger partial charge < -0.3 is 14.6 Å². The van der Waals surface area contributed by atoms with E-state index in [1.807, 2.05) is 0 Å². The highest BCUT2D eigenvalue weighted by molar-refractivity contribution is 6.06. The van der Waals surface area contributed by atoms with Crippen molar-refractivity contribution in [3.05, 3.63) is 69.8 Å². The van der Waals surface area contributed by atoms with Crippen LogP contribution in [-0.4, -0.2) is 29.2 Å². The minimum atomic E-state index is -0.892. The van der Waals surface area contributed by atoms with E-state index in [9.17, 15) is 18.4 Å². The predicted octanol–water partition coefficient (Wildman–Crippen LogP) is 2.88. The van der Waals surface area contributed by atoms with E-state index in [1.54, 1.807) is 19.2 Å². The molecule has 0 unspecified atom stereocenters. The highest BCUT2D eigenvalue weighted by atomic mass is 19.1. The third-order valence-electron chi connectivity index (χ3n) is 4.11. The second-order valence-electron chi connectivity index (χ2n) is 5.94. The average Bonchev–Trinajstić information content (AvgIpc) is 2.63. The van der Waals surface area contributed by atoms with Crippen LogP contribution in [0.2, 0.25) is 0 Å². The van der Waals surface area contributed by atoms with Crippen molar-refractivity contribution in [3.63, 3.8) is 0 Å². The molecule has 2 heterocycles. The fraction of sp³-hybridized carbons (Fsp3) is 0.211. The molecular formula is C19H17F2N3O3. The number of benzene rings is 1. The number of carbonyl (C=O) groups is 1. The van der Waals surface area contributed by atoms with Gasteiger partial charge >= 0.3 is 0 Å². The van der Waals surface area contributed by atoms with Gasteiger partial charge in [-0.3, -0.25) is 14.6 Å². The molecule has 1 N–H and O–H groups in total. The van der Waals surface area contributed by atoms with E-state index in [0.717, 1.165) is 12.1 Å². The molecule has 0 radical (unpaired) electrons. The average molecular weight is 373 g/mol. The maximum Gasteiger partial charge on any atom is 0.260 e. The molecule has 27 heavy (non-hydrogen) atoms. The smallest absolute Gasteiger partial charge is 0.260 e. The van der Waals surface area contributed by atoms with Gasteiger partial charge in [-0.15, -0.1) is 0 Å². The zero-order chi connectivity index (χ0) is 19.6. The Kier molecular flexibility index (Phi) is 5.27. The molecule has 0 bridgehead atoms. The third-order valence-corrected chi connectivity index (χ3v) is 4.11. The van der Waals surface area contributed by atoms with E-state index in [2.05, 4.69) is 10.3 Å². The van der Waals surface area contributed by atoms with E-state index in [1.165, 1.54) is 17.7 Å². The number of pyridine rings is 2. The Bertz CT molecular complexity index is 1080. The summed E-state index contributed by atoms with van der Waals surface area (Å²) in [5.41, 5.74) is 0.505. The summed E-state index contributed by atoms with van der Waals surface area (Å²) in [4.78, 5) is 29.4. The summed E-state index contributed by atoms with van der Waals surface area (Å²) in [7, 11) is 1.54. The lowest BCUT2D eigenvalue weighted by Gasteiger charge is -2.11. The number of aryl methyl sites for hydroxylation is 1. The molecule has 8 heteroatoms. The number of hydrogen-bond donors (Lipinski definition) is 1. The van der Waals surface area contributed by atoms with Crippen LogP contribution in [0, 0.1) is 18.6 Å². The van der Waals surface area contributed by atoms with Gasteiger partial charge in [0.1, 0.15) is 11.6 Å². The van der Waals surface area contributed by atoms with Gasteiger partial charge in [-0.1, -0.05) is 0 Å². The van der Waals surface area contributed by atoms with Crippen LogP contribution >= 0.6 is 0 Å². The zero-order valence-corrected chi connectivity index (χ0v) is 14.8. The van der Waals surface area contributed by atoms with Crippen LogP contribution in [0.4, 0.5) is 14.5 Å². The molecule has 0 spiro atoms. The number of aromatic nitrogens is 2. The van der Waals surface area contributed by atoms with Crippen LogP contribution in [-0.2, 0) is 11.3 Å². The molecule has 0 saturated heterocycles. The van der Waals surface area contributed by atoms with E-state index in [0.29, 0.717) is 30.4 Å². The number of rotatable bonds is 5. The third kappa shape index (κ3) is 3.85. The first kappa shape index (κ1) is 18.7. The number of ether oxygens (including phenoxy) is 1. The monoisotopic (exact) mass is 373 g/mol. The molecule has 1 aromatic carbocycles. The number of halogens is 2. The molecule has 3 rings (SSSR count). The van der Waals surface area contributed by atoms with E-state index < -0.39 is 17.5 Å². The van der Waals surface area contributed by atoms with Gasteiger partial charge in [0.2, 0.25) is 0 Å². The molecular weight excluding hydrogens is 356 g/mol. The number of methoxy groups -OCH3 is 1. The quantitative estimate of drug-likeness (QED) is 0.746. The molecule has 1 amide bonds. The Labute approximate surface area is 153 Å². The first-order chi connectivity index (χ1) is 12.9. The lowest BCUT2D eigenvalue weighted by atomic mass is 10.1. The molecule has 0 aliphatic rings. The Balaban J connectivity index is 2.00. The maximum absolute atomic E-state index is 13.8. The molecule has 0 atom stereocenters. The number of amides is 1. The summed E-state index contributed by atoms with van der Waals surface area (Å²) in [5, 5.41) is 2.65.